The van der Waals surface area contributed by atoms with Crippen molar-refractivity contribution in [3.05, 3.63) is 60.2 Å². The lowest BCUT2D eigenvalue weighted by Gasteiger charge is -2.16. The summed E-state index contributed by atoms with van der Waals surface area (Å²) < 4.78 is 31.7. The van der Waals surface area contributed by atoms with Gasteiger partial charge in [0.25, 0.3) is 5.91 Å². The first kappa shape index (κ1) is 21.0. The minimum atomic E-state index is -3.49. The molecule has 1 aliphatic heterocycles. The van der Waals surface area contributed by atoms with E-state index in [2.05, 4.69) is 5.32 Å². The van der Waals surface area contributed by atoms with E-state index in [1.165, 1.54) is 35.5 Å². The molecule has 0 aromatic heterocycles. The van der Waals surface area contributed by atoms with Gasteiger partial charge >= 0.3 is 5.97 Å². The number of nitrogens with zero attached hydrogens (tertiary/aromatic N) is 1. The number of nitrogens with one attached hydrogen (secondary N) is 1. The Hall–Kier alpha value is -2.71. The number of amides is 1. The molecule has 1 fully saturated rings. The highest BCUT2D eigenvalue weighted by Crippen LogP contribution is 2.22. The van der Waals surface area contributed by atoms with Crippen LogP contribution in [0.5, 0.6) is 0 Å². The van der Waals surface area contributed by atoms with Gasteiger partial charge in [-0.15, -0.1) is 0 Å². The Bertz CT molecular complexity index is 952. The number of anilines is 1. The number of sulfonamides is 1. The highest BCUT2D eigenvalue weighted by atomic mass is 32.2. The lowest BCUT2D eigenvalue weighted by molar-refractivity contribution is -0.152. The summed E-state index contributed by atoms with van der Waals surface area (Å²) in [6.07, 6.45) is 0.850. The van der Waals surface area contributed by atoms with Crippen LogP contribution >= 0.6 is 0 Å². The van der Waals surface area contributed by atoms with Gasteiger partial charge in [0.2, 0.25) is 10.0 Å². The van der Waals surface area contributed by atoms with Crippen molar-refractivity contribution in [3.63, 3.8) is 0 Å². The molecule has 0 radical (unpaired) electrons. The normalized spacial score (nSPS) is 15.6. The van der Waals surface area contributed by atoms with E-state index in [9.17, 15) is 18.0 Å². The SMILES string of the molecule is C[C@@H](OC(=O)Cc1ccccc1)C(=O)Nc1ccc(S(=O)(=O)N2CCCC2)cc1. The van der Waals surface area contributed by atoms with Crippen molar-refractivity contribution in [1.29, 1.82) is 0 Å². The molecule has 29 heavy (non-hydrogen) atoms. The molecule has 0 bridgehead atoms. The smallest absolute Gasteiger partial charge is 0.311 e. The average Bonchev–Trinajstić information content (AvgIpc) is 3.25. The number of esters is 1. The average molecular weight is 416 g/mol. The van der Waals surface area contributed by atoms with Crippen LogP contribution in [0.2, 0.25) is 0 Å². The van der Waals surface area contributed by atoms with Gasteiger partial charge in [0.15, 0.2) is 6.10 Å². The lowest BCUT2D eigenvalue weighted by Crippen LogP contribution is -2.30. The van der Waals surface area contributed by atoms with Crippen molar-refractivity contribution in [2.45, 2.75) is 37.2 Å². The number of ether oxygens (including phenoxy) is 1. The fourth-order valence-electron chi connectivity index (χ4n) is 3.09. The van der Waals surface area contributed by atoms with Crippen LogP contribution in [0.15, 0.2) is 59.5 Å². The Morgan fingerprint density at radius 3 is 2.28 bits per heavy atom. The summed E-state index contributed by atoms with van der Waals surface area (Å²) in [7, 11) is -3.49. The van der Waals surface area contributed by atoms with Crippen molar-refractivity contribution in [3.8, 4) is 0 Å². The molecule has 1 aliphatic rings. The molecule has 1 atom stereocenters. The third-order valence-corrected chi connectivity index (χ3v) is 6.61. The Morgan fingerprint density at radius 2 is 1.66 bits per heavy atom. The standard InChI is InChI=1S/C21H24N2O5S/c1-16(28-20(24)15-17-7-3-2-4-8-17)21(25)22-18-9-11-19(12-10-18)29(26,27)23-13-5-6-14-23/h2-4,7-12,16H,5-6,13-15H2,1H3,(H,22,25)/t16-/m1/s1. The Kier molecular flexibility index (Phi) is 6.66. The molecule has 2 aromatic rings. The van der Waals surface area contributed by atoms with Crippen LogP contribution in [-0.4, -0.2) is 43.8 Å². The van der Waals surface area contributed by atoms with Crippen molar-refractivity contribution >= 4 is 27.6 Å². The first-order valence-corrected chi connectivity index (χ1v) is 10.9. The van der Waals surface area contributed by atoms with Gasteiger partial charge in [-0.2, -0.15) is 4.31 Å². The number of benzene rings is 2. The molecular formula is C21H24N2O5S. The molecule has 0 unspecified atom stereocenters. The van der Waals surface area contributed by atoms with Crippen LogP contribution in [0.4, 0.5) is 5.69 Å². The second-order valence-electron chi connectivity index (χ2n) is 6.92. The predicted octanol–water partition coefficient (Wildman–Crippen LogP) is 2.58. The van der Waals surface area contributed by atoms with Gasteiger partial charge < -0.3 is 10.1 Å². The van der Waals surface area contributed by atoms with Crippen LogP contribution in [-0.2, 0) is 30.8 Å². The molecule has 2 aromatic carbocycles. The highest BCUT2D eigenvalue weighted by Gasteiger charge is 2.27. The van der Waals surface area contributed by atoms with E-state index in [1.807, 2.05) is 30.3 Å². The van der Waals surface area contributed by atoms with E-state index < -0.39 is 28.0 Å². The Labute approximate surface area is 170 Å². The summed E-state index contributed by atoms with van der Waals surface area (Å²) in [4.78, 5) is 24.5. The molecule has 7 nitrogen and oxygen atoms in total. The second-order valence-corrected chi connectivity index (χ2v) is 8.86. The van der Waals surface area contributed by atoms with Gasteiger partial charge in [0.1, 0.15) is 0 Å². The molecule has 0 aliphatic carbocycles. The van der Waals surface area contributed by atoms with E-state index in [1.54, 1.807) is 0 Å². The van der Waals surface area contributed by atoms with Crippen molar-refractivity contribution < 1.29 is 22.7 Å². The maximum Gasteiger partial charge on any atom is 0.311 e. The largest absolute Gasteiger partial charge is 0.452 e. The van der Waals surface area contributed by atoms with Gasteiger partial charge in [-0.3, -0.25) is 9.59 Å². The maximum atomic E-state index is 12.5. The molecule has 8 heteroatoms. The van der Waals surface area contributed by atoms with Gasteiger partial charge in [-0.05, 0) is 49.6 Å². The summed E-state index contributed by atoms with van der Waals surface area (Å²) in [5, 5.41) is 2.63. The molecule has 3 rings (SSSR count). The molecule has 1 saturated heterocycles. The third kappa shape index (κ3) is 5.42. The van der Waals surface area contributed by atoms with Gasteiger partial charge in [0, 0.05) is 18.8 Å². The molecule has 0 saturated carbocycles. The predicted molar refractivity (Wildman–Crippen MR) is 109 cm³/mol. The first-order chi connectivity index (χ1) is 13.9. The number of hydrogen-bond donors (Lipinski definition) is 1. The van der Waals surface area contributed by atoms with E-state index >= 15 is 0 Å². The van der Waals surface area contributed by atoms with Crippen LogP contribution in [0.3, 0.4) is 0 Å². The molecular weight excluding hydrogens is 392 g/mol. The maximum absolute atomic E-state index is 12.5. The second kappa shape index (κ2) is 9.19. The molecule has 1 amide bonds. The third-order valence-electron chi connectivity index (χ3n) is 4.69. The van der Waals surface area contributed by atoms with E-state index in [0.717, 1.165) is 18.4 Å². The molecule has 1 N–H and O–H groups in total. The highest BCUT2D eigenvalue weighted by molar-refractivity contribution is 7.89. The van der Waals surface area contributed by atoms with Crippen LogP contribution in [0, 0.1) is 0 Å². The molecule has 1 heterocycles. The first-order valence-electron chi connectivity index (χ1n) is 9.51. The van der Waals surface area contributed by atoms with Crippen LogP contribution in [0.1, 0.15) is 25.3 Å². The lowest BCUT2D eigenvalue weighted by atomic mass is 10.1. The number of hydrogen-bond acceptors (Lipinski definition) is 5. The summed E-state index contributed by atoms with van der Waals surface area (Å²) >= 11 is 0. The zero-order valence-electron chi connectivity index (χ0n) is 16.2. The van der Waals surface area contributed by atoms with E-state index in [-0.39, 0.29) is 11.3 Å². The number of carbonyl (C=O) groups is 2. The minimum absolute atomic E-state index is 0.0848. The molecule has 0 spiro atoms. The Balaban J connectivity index is 1.55. The number of carbonyl (C=O) groups excluding carboxylic acids is 2. The quantitative estimate of drug-likeness (QED) is 0.701. The van der Waals surface area contributed by atoms with Crippen molar-refractivity contribution in [2.24, 2.45) is 0 Å². The monoisotopic (exact) mass is 416 g/mol. The van der Waals surface area contributed by atoms with Crippen LogP contribution in [0.25, 0.3) is 0 Å². The fourth-order valence-corrected chi connectivity index (χ4v) is 4.60. The van der Waals surface area contributed by atoms with Gasteiger partial charge in [-0.1, -0.05) is 30.3 Å². The summed E-state index contributed by atoms with van der Waals surface area (Å²) in [6.45, 7) is 2.56. The zero-order valence-corrected chi connectivity index (χ0v) is 17.0. The van der Waals surface area contributed by atoms with Crippen molar-refractivity contribution in [1.82, 2.24) is 4.31 Å². The zero-order chi connectivity index (χ0) is 20.9. The summed E-state index contributed by atoms with van der Waals surface area (Å²) in [5.74, 6) is -0.979. The van der Waals surface area contributed by atoms with E-state index in [4.69, 9.17) is 4.74 Å². The fraction of sp³-hybridized carbons (Fsp3) is 0.333. The molecule has 154 valence electrons. The number of rotatable bonds is 7. The van der Waals surface area contributed by atoms with Gasteiger partial charge in [0.05, 0.1) is 11.3 Å². The summed E-state index contributed by atoms with van der Waals surface area (Å²) in [6, 6.07) is 15.1. The van der Waals surface area contributed by atoms with Crippen LogP contribution < -0.4 is 5.32 Å². The van der Waals surface area contributed by atoms with Crippen molar-refractivity contribution in [2.75, 3.05) is 18.4 Å². The van der Waals surface area contributed by atoms with Gasteiger partial charge in [-0.25, -0.2) is 8.42 Å². The summed E-state index contributed by atoms with van der Waals surface area (Å²) in [5.41, 5.74) is 1.24. The minimum Gasteiger partial charge on any atom is -0.452 e. The Morgan fingerprint density at radius 1 is 1.03 bits per heavy atom. The topological polar surface area (TPSA) is 92.8 Å². The van der Waals surface area contributed by atoms with E-state index in [0.29, 0.717) is 18.8 Å².